The highest BCUT2D eigenvalue weighted by atomic mass is 32.2. The fourth-order valence-electron chi connectivity index (χ4n) is 2.07. The predicted octanol–water partition coefficient (Wildman–Crippen LogP) is 3.38. The molecular weight excluding hydrogens is 304 g/mol. The molecule has 0 amide bonds. The van der Waals surface area contributed by atoms with Gasteiger partial charge in [0.1, 0.15) is 5.01 Å². The van der Waals surface area contributed by atoms with Crippen LogP contribution in [0.5, 0.6) is 0 Å². The lowest BCUT2D eigenvalue weighted by Gasteiger charge is -2.21. The molecule has 1 aromatic heterocycles. The predicted molar refractivity (Wildman–Crippen MR) is 88.0 cm³/mol. The Hall–Kier alpha value is -1.24. The normalized spacial score (nSPS) is 13.6. The fraction of sp³-hybridized carbons (Fsp3) is 0.400. The number of aryl methyl sites for hydroxylation is 2. The van der Waals surface area contributed by atoms with Crippen LogP contribution in [-0.2, 0) is 10.0 Å². The van der Waals surface area contributed by atoms with Crippen LogP contribution in [0.3, 0.4) is 0 Å². The molecule has 0 saturated carbocycles. The lowest BCUT2D eigenvalue weighted by Crippen LogP contribution is -2.28. The molecule has 4 nitrogen and oxygen atoms in total. The van der Waals surface area contributed by atoms with Crippen molar-refractivity contribution in [3.8, 4) is 10.6 Å². The van der Waals surface area contributed by atoms with Crippen molar-refractivity contribution in [2.24, 2.45) is 0 Å². The quantitative estimate of drug-likeness (QED) is 0.866. The van der Waals surface area contributed by atoms with Gasteiger partial charge < -0.3 is 0 Å². The molecule has 0 N–H and O–H groups in total. The zero-order valence-corrected chi connectivity index (χ0v) is 14.5. The molecule has 6 heteroatoms. The van der Waals surface area contributed by atoms with Crippen LogP contribution in [0.2, 0.25) is 0 Å². The van der Waals surface area contributed by atoms with Crippen LogP contribution in [0.1, 0.15) is 29.1 Å². The molecule has 0 fully saturated rings. The molecule has 0 saturated heterocycles. The number of rotatable bonds is 4. The summed E-state index contributed by atoms with van der Waals surface area (Å²) in [6.07, 6.45) is 1.22. The zero-order valence-electron chi connectivity index (χ0n) is 12.9. The van der Waals surface area contributed by atoms with Crippen molar-refractivity contribution in [1.29, 1.82) is 0 Å². The molecule has 21 heavy (non-hydrogen) atoms. The summed E-state index contributed by atoms with van der Waals surface area (Å²) in [5.74, 6) is 0. The summed E-state index contributed by atoms with van der Waals surface area (Å²) in [6.45, 7) is 5.86. The van der Waals surface area contributed by atoms with Crippen molar-refractivity contribution < 1.29 is 8.42 Å². The van der Waals surface area contributed by atoms with E-state index in [1.54, 1.807) is 18.4 Å². The Morgan fingerprint density at radius 2 is 1.76 bits per heavy atom. The van der Waals surface area contributed by atoms with Crippen LogP contribution in [-0.4, -0.2) is 31.0 Å². The number of benzene rings is 1. The molecule has 0 bridgehead atoms. The fourth-order valence-corrected chi connectivity index (χ4v) is 3.98. The van der Waals surface area contributed by atoms with Crippen LogP contribution >= 0.6 is 11.3 Å². The summed E-state index contributed by atoms with van der Waals surface area (Å²) in [6, 6.07) is 7.98. The van der Waals surface area contributed by atoms with Crippen LogP contribution < -0.4 is 0 Å². The van der Waals surface area contributed by atoms with Gasteiger partial charge in [-0.2, -0.15) is 4.31 Å². The van der Waals surface area contributed by atoms with Crippen LogP contribution in [0.4, 0.5) is 0 Å². The number of hydrogen-bond acceptors (Lipinski definition) is 4. The summed E-state index contributed by atoms with van der Waals surface area (Å²) >= 11 is 1.55. The minimum Gasteiger partial charge on any atom is -0.241 e. The van der Waals surface area contributed by atoms with E-state index in [0.29, 0.717) is 0 Å². The molecule has 0 unspecified atom stereocenters. The Labute approximate surface area is 130 Å². The molecule has 1 heterocycles. The maximum absolute atomic E-state index is 11.7. The smallest absolute Gasteiger partial charge is 0.211 e. The first-order chi connectivity index (χ1) is 9.70. The van der Waals surface area contributed by atoms with Crippen molar-refractivity contribution in [1.82, 2.24) is 9.29 Å². The Morgan fingerprint density at radius 3 is 2.29 bits per heavy atom. The number of hydrogen-bond donors (Lipinski definition) is 0. The van der Waals surface area contributed by atoms with Gasteiger partial charge in [0.2, 0.25) is 10.0 Å². The summed E-state index contributed by atoms with van der Waals surface area (Å²) in [7, 11) is -1.61. The van der Waals surface area contributed by atoms with E-state index in [4.69, 9.17) is 0 Å². The molecule has 0 radical (unpaired) electrons. The molecule has 0 aliphatic rings. The van der Waals surface area contributed by atoms with E-state index in [1.807, 2.05) is 32.9 Å². The molecule has 0 spiro atoms. The number of nitrogens with zero attached hydrogens (tertiary/aromatic N) is 2. The van der Waals surface area contributed by atoms with Crippen molar-refractivity contribution in [3.05, 3.63) is 40.4 Å². The van der Waals surface area contributed by atoms with E-state index in [2.05, 4.69) is 17.1 Å². The van der Waals surface area contributed by atoms with Crippen molar-refractivity contribution >= 4 is 21.4 Å². The van der Waals surface area contributed by atoms with Crippen molar-refractivity contribution in [3.63, 3.8) is 0 Å². The first-order valence-corrected chi connectivity index (χ1v) is 9.34. The van der Waals surface area contributed by atoms with E-state index in [0.717, 1.165) is 21.1 Å². The van der Waals surface area contributed by atoms with Gasteiger partial charge in [0.25, 0.3) is 0 Å². The summed E-state index contributed by atoms with van der Waals surface area (Å²) < 4.78 is 24.7. The third kappa shape index (κ3) is 3.51. The lowest BCUT2D eigenvalue weighted by molar-refractivity contribution is 0.405. The van der Waals surface area contributed by atoms with E-state index in [1.165, 1.54) is 16.1 Å². The van der Waals surface area contributed by atoms with Crippen LogP contribution in [0.15, 0.2) is 24.3 Å². The Kier molecular flexibility index (Phi) is 4.51. The van der Waals surface area contributed by atoms with Gasteiger partial charge in [-0.05, 0) is 20.8 Å². The molecule has 114 valence electrons. The van der Waals surface area contributed by atoms with Gasteiger partial charge in [0.15, 0.2) is 0 Å². The van der Waals surface area contributed by atoms with Gasteiger partial charge in [-0.15, -0.1) is 11.3 Å². The first-order valence-electron chi connectivity index (χ1n) is 6.67. The number of sulfonamides is 1. The van der Waals surface area contributed by atoms with E-state index in [-0.39, 0.29) is 6.04 Å². The third-order valence-electron chi connectivity index (χ3n) is 3.58. The average molecular weight is 324 g/mol. The van der Waals surface area contributed by atoms with E-state index in [9.17, 15) is 8.42 Å². The zero-order chi connectivity index (χ0) is 15.8. The second-order valence-corrected chi connectivity index (χ2v) is 8.36. The van der Waals surface area contributed by atoms with Crippen LogP contribution in [0.25, 0.3) is 10.6 Å². The van der Waals surface area contributed by atoms with Gasteiger partial charge >= 0.3 is 0 Å². The van der Waals surface area contributed by atoms with Crippen LogP contribution in [0, 0.1) is 13.8 Å². The lowest BCUT2D eigenvalue weighted by atomic mass is 10.2. The second kappa shape index (κ2) is 5.87. The Bertz CT molecular complexity index is 734. The highest BCUT2D eigenvalue weighted by Crippen LogP contribution is 2.34. The highest BCUT2D eigenvalue weighted by Gasteiger charge is 2.24. The van der Waals surface area contributed by atoms with Gasteiger partial charge in [0, 0.05) is 17.5 Å². The number of thiazole rings is 1. The Morgan fingerprint density at radius 1 is 1.19 bits per heavy atom. The number of aromatic nitrogens is 1. The molecule has 1 atom stereocenters. The molecule has 1 aromatic carbocycles. The van der Waals surface area contributed by atoms with E-state index >= 15 is 0 Å². The topological polar surface area (TPSA) is 50.3 Å². The average Bonchev–Trinajstić information content (AvgIpc) is 2.79. The SMILES string of the molecule is Cc1ccc(-c2nc(C)c([C@H](C)N(C)S(C)(=O)=O)s2)cc1. The van der Waals surface area contributed by atoms with Crippen molar-refractivity contribution in [2.75, 3.05) is 13.3 Å². The molecule has 0 aliphatic carbocycles. The van der Waals surface area contributed by atoms with Crippen molar-refractivity contribution in [2.45, 2.75) is 26.8 Å². The molecule has 0 aliphatic heterocycles. The summed E-state index contributed by atoms with van der Waals surface area (Å²) in [5, 5.41) is 0.927. The van der Waals surface area contributed by atoms with E-state index < -0.39 is 10.0 Å². The minimum atomic E-state index is -3.22. The maximum atomic E-state index is 11.7. The Balaban J connectivity index is 2.37. The standard InChI is InChI=1S/C15H20N2O2S2/c1-10-6-8-13(9-7-10)15-16-11(2)14(20-15)12(3)17(4)21(5,18)19/h6-9,12H,1-5H3/t12-/m0/s1. The van der Waals surface area contributed by atoms with Gasteiger partial charge in [0.05, 0.1) is 18.0 Å². The maximum Gasteiger partial charge on any atom is 0.211 e. The third-order valence-corrected chi connectivity index (χ3v) is 6.32. The summed E-state index contributed by atoms with van der Waals surface area (Å²) in [4.78, 5) is 5.58. The second-order valence-electron chi connectivity index (χ2n) is 5.29. The molecule has 2 rings (SSSR count). The van der Waals surface area contributed by atoms with Gasteiger partial charge in [-0.1, -0.05) is 29.8 Å². The molecular formula is C15H20N2O2S2. The largest absolute Gasteiger partial charge is 0.241 e. The monoisotopic (exact) mass is 324 g/mol. The minimum absolute atomic E-state index is 0.211. The summed E-state index contributed by atoms with van der Waals surface area (Å²) in [5.41, 5.74) is 3.16. The molecule has 2 aromatic rings. The highest BCUT2D eigenvalue weighted by molar-refractivity contribution is 7.88. The van der Waals surface area contributed by atoms with Gasteiger partial charge in [-0.3, -0.25) is 0 Å². The van der Waals surface area contributed by atoms with Gasteiger partial charge in [-0.25, -0.2) is 13.4 Å². The first kappa shape index (κ1) is 16.1.